The van der Waals surface area contributed by atoms with Gasteiger partial charge >= 0.3 is 5.97 Å². The second kappa shape index (κ2) is 7.85. The van der Waals surface area contributed by atoms with E-state index in [0.717, 1.165) is 5.56 Å². The Kier molecular flexibility index (Phi) is 5.52. The first-order valence-electron chi connectivity index (χ1n) is 7.69. The third kappa shape index (κ3) is 4.32. The van der Waals surface area contributed by atoms with Gasteiger partial charge in [0, 0.05) is 10.0 Å². The molecule has 1 aromatic heterocycles. The lowest BCUT2D eigenvalue weighted by Crippen LogP contribution is -2.18. The van der Waals surface area contributed by atoms with E-state index < -0.39 is 16.0 Å². The zero-order valence-corrected chi connectivity index (χ0v) is 16.5. The lowest BCUT2D eigenvalue weighted by atomic mass is 10.2. The highest BCUT2D eigenvalue weighted by molar-refractivity contribution is 9.10. The molecule has 0 aliphatic rings. The van der Waals surface area contributed by atoms with E-state index in [0.29, 0.717) is 10.3 Å². The second-order valence-corrected chi connectivity index (χ2v) is 7.97. The van der Waals surface area contributed by atoms with Crippen LogP contribution in [0.4, 0.5) is 5.69 Å². The summed E-state index contributed by atoms with van der Waals surface area (Å²) in [4.78, 5) is 20.1. The van der Waals surface area contributed by atoms with E-state index in [1.165, 1.54) is 37.7 Å². The van der Waals surface area contributed by atoms with Gasteiger partial charge in [0.25, 0.3) is 10.0 Å². The zero-order valence-electron chi connectivity index (χ0n) is 14.1. The van der Waals surface area contributed by atoms with Crippen LogP contribution in [0.25, 0.3) is 11.4 Å². The monoisotopic (exact) mass is 447 g/mol. The summed E-state index contributed by atoms with van der Waals surface area (Å²) in [6.07, 6.45) is 2.73. The van der Waals surface area contributed by atoms with Crippen molar-refractivity contribution in [3.63, 3.8) is 0 Å². The molecule has 0 atom stereocenters. The Labute approximate surface area is 164 Å². The molecule has 0 aliphatic carbocycles. The Hall–Kier alpha value is -2.78. The number of esters is 1. The number of rotatable bonds is 5. The highest BCUT2D eigenvalue weighted by Crippen LogP contribution is 2.24. The predicted molar refractivity (Wildman–Crippen MR) is 104 cm³/mol. The summed E-state index contributed by atoms with van der Waals surface area (Å²) in [7, 11) is -2.86. The number of hydrogen-bond donors (Lipinski definition) is 1. The van der Waals surface area contributed by atoms with Crippen LogP contribution in [0.2, 0.25) is 0 Å². The molecule has 9 heteroatoms. The van der Waals surface area contributed by atoms with Crippen molar-refractivity contribution in [3.05, 3.63) is 71.0 Å². The van der Waals surface area contributed by atoms with Crippen molar-refractivity contribution in [1.82, 2.24) is 9.97 Å². The molecule has 0 bridgehead atoms. The van der Waals surface area contributed by atoms with E-state index >= 15 is 0 Å². The third-order valence-corrected chi connectivity index (χ3v) is 5.51. The quantitative estimate of drug-likeness (QED) is 0.600. The van der Waals surface area contributed by atoms with Crippen LogP contribution >= 0.6 is 15.9 Å². The van der Waals surface area contributed by atoms with Crippen molar-refractivity contribution < 1.29 is 17.9 Å². The minimum Gasteiger partial charge on any atom is -0.465 e. The van der Waals surface area contributed by atoms with Crippen LogP contribution in [0.5, 0.6) is 0 Å². The zero-order chi connectivity index (χ0) is 19.4. The molecule has 138 valence electrons. The maximum absolute atomic E-state index is 12.7. The van der Waals surface area contributed by atoms with Crippen molar-refractivity contribution in [3.8, 4) is 11.4 Å². The number of aromatic nitrogens is 2. The average Bonchev–Trinajstić information content (AvgIpc) is 2.68. The molecule has 0 radical (unpaired) electrons. The Morgan fingerprint density at radius 1 is 1.07 bits per heavy atom. The molecule has 0 saturated carbocycles. The third-order valence-electron chi connectivity index (χ3n) is 3.57. The van der Waals surface area contributed by atoms with Gasteiger partial charge < -0.3 is 4.74 Å². The van der Waals surface area contributed by atoms with Crippen molar-refractivity contribution in [1.29, 1.82) is 0 Å². The number of ether oxygens (including phenoxy) is 1. The Bertz CT molecular complexity index is 1070. The highest BCUT2D eigenvalue weighted by atomic mass is 79.9. The lowest BCUT2D eigenvalue weighted by molar-refractivity contribution is 0.0596. The average molecular weight is 448 g/mol. The van der Waals surface area contributed by atoms with Gasteiger partial charge in [-0.05, 0) is 18.2 Å². The van der Waals surface area contributed by atoms with E-state index in [9.17, 15) is 13.2 Å². The van der Waals surface area contributed by atoms with E-state index in [1.807, 2.05) is 30.3 Å². The molecule has 3 rings (SSSR count). The molecule has 0 fully saturated rings. The topological polar surface area (TPSA) is 98.2 Å². The number of nitrogens with one attached hydrogen (secondary N) is 1. The Morgan fingerprint density at radius 3 is 2.37 bits per heavy atom. The van der Waals surface area contributed by atoms with Crippen LogP contribution in [0.3, 0.4) is 0 Å². The van der Waals surface area contributed by atoms with Gasteiger partial charge in [-0.15, -0.1) is 0 Å². The first kappa shape index (κ1) is 19.0. The summed E-state index contributed by atoms with van der Waals surface area (Å²) < 4.78 is 33.0. The van der Waals surface area contributed by atoms with Crippen molar-refractivity contribution in [2.45, 2.75) is 4.90 Å². The molecule has 0 amide bonds. The molecule has 27 heavy (non-hydrogen) atoms. The largest absolute Gasteiger partial charge is 0.465 e. The molecule has 2 aromatic carbocycles. The van der Waals surface area contributed by atoms with Gasteiger partial charge in [0.1, 0.15) is 4.90 Å². The number of sulfonamides is 1. The molecule has 0 aliphatic heterocycles. The van der Waals surface area contributed by atoms with Crippen LogP contribution in [0.1, 0.15) is 10.4 Å². The van der Waals surface area contributed by atoms with Gasteiger partial charge in [-0.25, -0.2) is 23.2 Å². The number of carbonyl (C=O) groups excluding carboxylic acids is 1. The summed E-state index contributed by atoms with van der Waals surface area (Å²) in [5.41, 5.74) is 0.905. The summed E-state index contributed by atoms with van der Waals surface area (Å²) in [6, 6.07) is 13.5. The van der Waals surface area contributed by atoms with Crippen molar-refractivity contribution >= 4 is 37.6 Å². The van der Waals surface area contributed by atoms with Gasteiger partial charge in [-0.2, -0.15) is 0 Å². The minimum atomic E-state index is -4.05. The van der Waals surface area contributed by atoms with Crippen LogP contribution in [0, 0.1) is 0 Å². The van der Waals surface area contributed by atoms with Crippen LogP contribution in [0.15, 0.2) is 70.3 Å². The number of anilines is 1. The van der Waals surface area contributed by atoms with Gasteiger partial charge in [-0.1, -0.05) is 46.3 Å². The fraction of sp³-hybridized carbons (Fsp3) is 0.0556. The van der Waals surface area contributed by atoms with E-state index in [-0.39, 0.29) is 16.1 Å². The molecule has 0 saturated heterocycles. The van der Waals surface area contributed by atoms with Crippen LogP contribution < -0.4 is 4.72 Å². The summed E-state index contributed by atoms with van der Waals surface area (Å²) >= 11 is 3.21. The predicted octanol–water partition coefficient (Wildman–Crippen LogP) is 3.49. The summed E-state index contributed by atoms with van der Waals surface area (Å²) in [5.74, 6) is -0.287. The van der Waals surface area contributed by atoms with Gasteiger partial charge in [0.2, 0.25) is 0 Å². The smallest absolute Gasteiger partial charge is 0.339 e. The molecule has 1 N–H and O–H groups in total. The van der Waals surface area contributed by atoms with E-state index in [1.54, 1.807) is 0 Å². The lowest BCUT2D eigenvalue weighted by Gasteiger charge is -2.11. The molecule has 0 spiro atoms. The van der Waals surface area contributed by atoms with E-state index in [2.05, 4.69) is 35.4 Å². The number of halogens is 1. The number of hydrogen-bond acceptors (Lipinski definition) is 6. The Morgan fingerprint density at radius 2 is 1.74 bits per heavy atom. The second-order valence-electron chi connectivity index (χ2n) is 5.40. The number of nitrogens with zero attached hydrogens (tertiary/aromatic N) is 2. The number of methoxy groups -OCH3 is 1. The SMILES string of the molecule is COC(=O)c1cc(Br)ccc1S(=O)(=O)Nc1cnc(-c2ccccc2)nc1. The standard InChI is InChI=1S/C18H14BrN3O4S/c1-26-18(23)15-9-13(19)7-8-16(15)27(24,25)22-14-10-20-17(21-11-14)12-5-3-2-4-6-12/h2-11,22H,1H3. The van der Waals surface area contributed by atoms with Gasteiger partial charge in [0.05, 0.1) is 30.8 Å². The van der Waals surface area contributed by atoms with Crippen molar-refractivity contribution in [2.24, 2.45) is 0 Å². The fourth-order valence-corrected chi connectivity index (χ4v) is 3.90. The highest BCUT2D eigenvalue weighted by Gasteiger charge is 2.23. The molecule has 0 unspecified atom stereocenters. The van der Waals surface area contributed by atoms with Crippen molar-refractivity contribution in [2.75, 3.05) is 11.8 Å². The van der Waals surface area contributed by atoms with E-state index in [4.69, 9.17) is 0 Å². The Balaban J connectivity index is 1.90. The molecule has 1 heterocycles. The fourth-order valence-electron chi connectivity index (χ4n) is 2.33. The first-order valence-corrected chi connectivity index (χ1v) is 9.96. The number of benzene rings is 2. The summed E-state index contributed by atoms with van der Waals surface area (Å²) in [6.45, 7) is 0. The minimum absolute atomic E-state index is 0.0822. The molecular weight excluding hydrogens is 434 g/mol. The number of carbonyl (C=O) groups is 1. The van der Waals surface area contributed by atoms with Crippen LogP contribution in [-0.2, 0) is 14.8 Å². The maximum Gasteiger partial charge on any atom is 0.339 e. The normalized spacial score (nSPS) is 11.0. The molecular formula is C18H14BrN3O4S. The van der Waals surface area contributed by atoms with Gasteiger partial charge in [0.15, 0.2) is 5.82 Å². The van der Waals surface area contributed by atoms with Gasteiger partial charge in [-0.3, -0.25) is 4.72 Å². The first-order chi connectivity index (χ1) is 12.9. The van der Waals surface area contributed by atoms with Crippen LogP contribution in [-0.4, -0.2) is 31.5 Å². The maximum atomic E-state index is 12.7. The molecule has 3 aromatic rings. The molecule has 7 nitrogen and oxygen atoms in total. The summed E-state index contributed by atoms with van der Waals surface area (Å²) in [5, 5.41) is 0.